The molecule has 1 heterocycles. The Morgan fingerprint density at radius 3 is 2.17 bits per heavy atom. The largest absolute Gasteiger partial charge is 0.507 e. The fourth-order valence-corrected chi connectivity index (χ4v) is 3.68. The summed E-state index contributed by atoms with van der Waals surface area (Å²) in [5.74, 6) is -0.437. The van der Waals surface area contributed by atoms with Crippen molar-refractivity contribution < 1.29 is 19.4 Å². The van der Waals surface area contributed by atoms with Crippen LogP contribution in [0.4, 0.5) is 0 Å². The van der Waals surface area contributed by atoms with Gasteiger partial charge in [0.1, 0.15) is 17.1 Å². The number of phenols is 1. The van der Waals surface area contributed by atoms with Crippen LogP contribution < -0.4 is 0 Å². The summed E-state index contributed by atoms with van der Waals surface area (Å²) in [5.41, 5.74) is 6.84. The standard InChI is InChI=1S/C25H22O4/c1-13-9-19(21(26)11-15(13)3)23-20-10-14(2)16(4)12-22(20)29-24(23)17-7-5-6-8-18(17)25(27)28/h5-12,26H,1-4H3,(H,27,28). The molecule has 0 aliphatic heterocycles. The summed E-state index contributed by atoms with van der Waals surface area (Å²) in [4.78, 5) is 11.8. The third-order valence-electron chi connectivity index (χ3n) is 5.59. The van der Waals surface area contributed by atoms with E-state index in [0.717, 1.165) is 27.6 Å². The number of fused-ring (bicyclic) bond motifs is 1. The van der Waals surface area contributed by atoms with Crippen molar-refractivity contribution in [2.75, 3.05) is 0 Å². The average molecular weight is 386 g/mol. The Morgan fingerprint density at radius 2 is 1.45 bits per heavy atom. The first-order chi connectivity index (χ1) is 13.8. The second-order valence-electron chi connectivity index (χ2n) is 7.54. The molecule has 29 heavy (non-hydrogen) atoms. The van der Waals surface area contributed by atoms with Crippen molar-refractivity contribution in [3.63, 3.8) is 0 Å². The highest BCUT2D eigenvalue weighted by atomic mass is 16.4. The average Bonchev–Trinajstić information content (AvgIpc) is 3.03. The van der Waals surface area contributed by atoms with Crippen LogP contribution in [-0.2, 0) is 0 Å². The molecule has 3 aromatic carbocycles. The maximum Gasteiger partial charge on any atom is 0.336 e. The van der Waals surface area contributed by atoms with Gasteiger partial charge in [-0.25, -0.2) is 4.79 Å². The lowest BCUT2D eigenvalue weighted by molar-refractivity contribution is 0.0697. The van der Waals surface area contributed by atoms with E-state index in [4.69, 9.17) is 4.42 Å². The molecule has 4 rings (SSSR count). The molecule has 0 radical (unpaired) electrons. The second-order valence-corrected chi connectivity index (χ2v) is 7.54. The third-order valence-corrected chi connectivity index (χ3v) is 5.59. The number of carboxylic acids is 1. The van der Waals surface area contributed by atoms with E-state index in [2.05, 4.69) is 0 Å². The molecule has 4 nitrogen and oxygen atoms in total. The fourth-order valence-electron chi connectivity index (χ4n) is 3.68. The highest BCUT2D eigenvalue weighted by Crippen LogP contribution is 2.46. The minimum Gasteiger partial charge on any atom is -0.507 e. The predicted octanol–water partition coefficient (Wildman–Crippen LogP) is 6.40. The van der Waals surface area contributed by atoms with Gasteiger partial charge in [0, 0.05) is 22.1 Å². The number of carboxylic acid groups (broad SMARTS) is 1. The molecule has 146 valence electrons. The van der Waals surface area contributed by atoms with E-state index < -0.39 is 5.97 Å². The molecule has 4 aromatic rings. The Morgan fingerprint density at radius 1 is 0.828 bits per heavy atom. The van der Waals surface area contributed by atoms with Gasteiger partial charge in [0.05, 0.1) is 5.56 Å². The molecule has 0 saturated carbocycles. The molecule has 4 heteroatoms. The normalized spacial score (nSPS) is 11.2. The van der Waals surface area contributed by atoms with Gasteiger partial charge < -0.3 is 14.6 Å². The number of furan rings is 1. The number of benzene rings is 3. The van der Waals surface area contributed by atoms with Gasteiger partial charge in [-0.15, -0.1) is 0 Å². The van der Waals surface area contributed by atoms with E-state index in [1.54, 1.807) is 30.3 Å². The Balaban J connectivity index is 2.16. The predicted molar refractivity (Wildman–Crippen MR) is 115 cm³/mol. The second kappa shape index (κ2) is 6.82. The van der Waals surface area contributed by atoms with Crippen LogP contribution in [-0.4, -0.2) is 16.2 Å². The number of aromatic hydroxyl groups is 1. The molecular formula is C25H22O4. The lowest BCUT2D eigenvalue weighted by Crippen LogP contribution is -1.99. The van der Waals surface area contributed by atoms with E-state index in [0.29, 0.717) is 28.0 Å². The van der Waals surface area contributed by atoms with Crippen LogP contribution in [0.25, 0.3) is 33.4 Å². The van der Waals surface area contributed by atoms with Crippen molar-refractivity contribution >= 4 is 16.9 Å². The van der Waals surface area contributed by atoms with E-state index in [1.165, 1.54) is 0 Å². The molecule has 0 unspecified atom stereocenters. The van der Waals surface area contributed by atoms with Gasteiger partial charge in [-0.1, -0.05) is 18.2 Å². The minimum atomic E-state index is -1.02. The minimum absolute atomic E-state index is 0.142. The molecular weight excluding hydrogens is 364 g/mol. The zero-order chi connectivity index (χ0) is 20.9. The number of hydrogen-bond acceptors (Lipinski definition) is 3. The van der Waals surface area contributed by atoms with Gasteiger partial charge in [-0.2, -0.15) is 0 Å². The summed E-state index contributed by atoms with van der Waals surface area (Å²) in [6.45, 7) is 7.97. The van der Waals surface area contributed by atoms with Crippen molar-refractivity contribution in [2.24, 2.45) is 0 Å². The lowest BCUT2D eigenvalue weighted by atomic mass is 9.92. The van der Waals surface area contributed by atoms with Crippen molar-refractivity contribution in [3.8, 4) is 28.2 Å². The molecule has 1 aromatic heterocycles. The van der Waals surface area contributed by atoms with Crippen molar-refractivity contribution in [2.45, 2.75) is 27.7 Å². The Hall–Kier alpha value is -3.53. The van der Waals surface area contributed by atoms with Crippen LogP contribution in [0.2, 0.25) is 0 Å². The maximum absolute atomic E-state index is 11.8. The van der Waals surface area contributed by atoms with Gasteiger partial charge >= 0.3 is 5.97 Å². The molecule has 0 aliphatic rings. The van der Waals surface area contributed by atoms with Crippen molar-refractivity contribution in [1.82, 2.24) is 0 Å². The topological polar surface area (TPSA) is 70.7 Å². The monoisotopic (exact) mass is 386 g/mol. The van der Waals surface area contributed by atoms with Crippen molar-refractivity contribution in [1.29, 1.82) is 0 Å². The first-order valence-electron chi connectivity index (χ1n) is 9.45. The number of rotatable bonds is 3. The van der Waals surface area contributed by atoms with E-state index in [9.17, 15) is 15.0 Å². The third kappa shape index (κ3) is 3.07. The van der Waals surface area contributed by atoms with Gasteiger partial charge in [-0.3, -0.25) is 0 Å². The number of aryl methyl sites for hydroxylation is 4. The first-order valence-corrected chi connectivity index (χ1v) is 9.45. The highest BCUT2D eigenvalue weighted by molar-refractivity contribution is 6.06. The highest BCUT2D eigenvalue weighted by Gasteiger charge is 2.24. The van der Waals surface area contributed by atoms with Gasteiger partial charge in [-0.05, 0) is 80.3 Å². The lowest BCUT2D eigenvalue weighted by Gasteiger charge is -2.11. The molecule has 0 atom stereocenters. The summed E-state index contributed by atoms with van der Waals surface area (Å²) < 4.78 is 6.22. The molecule has 0 aliphatic carbocycles. The number of hydrogen-bond donors (Lipinski definition) is 2. The number of carbonyl (C=O) groups is 1. The SMILES string of the molecule is Cc1cc(O)c(-c2c(-c3ccccc3C(=O)O)oc3cc(C)c(C)cc23)cc1C. The Kier molecular flexibility index (Phi) is 4.42. The van der Waals surface area contributed by atoms with Crippen LogP contribution in [0.15, 0.2) is 52.9 Å². The van der Waals surface area contributed by atoms with Crippen LogP contribution in [0.3, 0.4) is 0 Å². The molecule has 0 bridgehead atoms. The fraction of sp³-hybridized carbons (Fsp3) is 0.160. The molecule has 2 N–H and O–H groups in total. The Labute approximate surface area is 169 Å². The maximum atomic E-state index is 11.8. The molecule has 0 fully saturated rings. The molecule has 0 saturated heterocycles. The summed E-state index contributed by atoms with van der Waals surface area (Å²) in [6, 6.07) is 14.4. The van der Waals surface area contributed by atoms with E-state index in [1.807, 2.05) is 45.9 Å². The van der Waals surface area contributed by atoms with E-state index >= 15 is 0 Å². The summed E-state index contributed by atoms with van der Waals surface area (Å²) in [6.07, 6.45) is 0. The summed E-state index contributed by atoms with van der Waals surface area (Å²) in [7, 11) is 0. The van der Waals surface area contributed by atoms with E-state index in [-0.39, 0.29) is 11.3 Å². The molecule has 0 spiro atoms. The number of aromatic carboxylic acids is 1. The first kappa shape index (κ1) is 18.8. The smallest absolute Gasteiger partial charge is 0.336 e. The zero-order valence-electron chi connectivity index (χ0n) is 16.8. The van der Waals surface area contributed by atoms with Gasteiger partial charge in [0.2, 0.25) is 0 Å². The van der Waals surface area contributed by atoms with Gasteiger partial charge in [0.15, 0.2) is 0 Å². The van der Waals surface area contributed by atoms with Crippen molar-refractivity contribution in [3.05, 3.63) is 76.3 Å². The number of phenolic OH excluding ortho intramolecular Hbond substituents is 1. The van der Waals surface area contributed by atoms with Crippen LogP contribution in [0.5, 0.6) is 5.75 Å². The quantitative estimate of drug-likeness (QED) is 0.427. The van der Waals surface area contributed by atoms with Crippen LogP contribution in [0, 0.1) is 27.7 Å². The van der Waals surface area contributed by atoms with Crippen LogP contribution >= 0.6 is 0 Å². The summed E-state index contributed by atoms with van der Waals surface area (Å²) >= 11 is 0. The zero-order valence-corrected chi connectivity index (χ0v) is 16.8. The van der Waals surface area contributed by atoms with Crippen LogP contribution in [0.1, 0.15) is 32.6 Å². The summed E-state index contributed by atoms with van der Waals surface area (Å²) in [5, 5.41) is 21.3. The van der Waals surface area contributed by atoms with Gasteiger partial charge in [0.25, 0.3) is 0 Å². The Bertz CT molecular complexity index is 1280. The molecule has 0 amide bonds.